The van der Waals surface area contributed by atoms with Crippen LogP contribution in [-0.4, -0.2) is 31.4 Å². The number of carbonyl (C=O) groups excluding carboxylic acids is 3. The van der Waals surface area contributed by atoms with Gasteiger partial charge in [-0.2, -0.15) is 0 Å². The van der Waals surface area contributed by atoms with Crippen molar-refractivity contribution in [2.75, 3.05) is 13.7 Å². The third-order valence-electron chi connectivity index (χ3n) is 6.41. The van der Waals surface area contributed by atoms with Crippen molar-refractivity contribution >= 4 is 17.7 Å². The Labute approximate surface area is 204 Å². The molecule has 1 N–H and O–H groups in total. The van der Waals surface area contributed by atoms with Crippen LogP contribution in [0.5, 0.6) is 11.5 Å². The number of ether oxygens (including phenoxy) is 3. The first kappa shape index (κ1) is 24.3. The molecule has 0 amide bonds. The zero-order chi connectivity index (χ0) is 25.1. The number of Topliss-reactive ketones (excluding diaryl/α,β-unsaturated/α-hetero) is 1. The highest BCUT2D eigenvalue weighted by atomic mass is 16.5. The van der Waals surface area contributed by atoms with Crippen LogP contribution in [0.2, 0.25) is 0 Å². The molecule has 35 heavy (non-hydrogen) atoms. The van der Waals surface area contributed by atoms with Crippen LogP contribution in [0, 0.1) is 11.8 Å². The molecule has 7 heteroatoms. The van der Waals surface area contributed by atoms with Gasteiger partial charge in [-0.3, -0.25) is 9.59 Å². The van der Waals surface area contributed by atoms with Crippen LogP contribution in [0.15, 0.2) is 77.1 Å². The van der Waals surface area contributed by atoms with Crippen molar-refractivity contribution in [3.63, 3.8) is 0 Å². The lowest BCUT2D eigenvalue weighted by Gasteiger charge is -2.38. The van der Waals surface area contributed by atoms with E-state index in [4.69, 9.17) is 14.2 Å². The van der Waals surface area contributed by atoms with Gasteiger partial charge in [-0.1, -0.05) is 37.3 Å². The van der Waals surface area contributed by atoms with E-state index < -0.39 is 23.8 Å². The van der Waals surface area contributed by atoms with Crippen molar-refractivity contribution < 1.29 is 28.6 Å². The molecule has 4 rings (SSSR count). The van der Waals surface area contributed by atoms with Gasteiger partial charge in [-0.15, -0.1) is 0 Å². The highest BCUT2D eigenvalue weighted by Gasteiger charge is 2.47. The third kappa shape index (κ3) is 4.71. The summed E-state index contributed by atoms with van der Waals surface area (Å²) in [6.45, 7) is 5.59. The molecule has 0 fully saturated rings. The van der Waals surface area contributed by atoms with Gasteiger partial charge >= 0.3 is 11.9 Å². The maximum Gasteiger partial charge on any atom is 0.336 e. The second-order valence-electron chi connectivity index (χ2n) is 8.74. The van der Waals surface area contributed by atoms with E-state index in [-0.39, 0.29) is 18.3 Å². The molecular formula is C28H29NO6. The molecule has 0 aromatic heterocycles. The number of benzene rings is 2. The maximum absolute atomic E-state index is 13.8. The van der Waals surface area contributed by atoms with E-state index >= 15 is 0 Å². The van der Waals surface area contributed by atoms with Crippen molar-refractivity contribution in [1.82, 2.24) is 5.32 Å². The minimum Gasteiger partial charge on any atom is -0.468 e. The summed E-state index contributed by atoms with van der Waals surface area (Å²) in [7, 11) is 1.28. The molecule has 0 radical (unpaired) electrons. The molecule has 0 unspecified atom stereocenters. The minimum atomic E-state index is -0.936. The number of nitrogens with one attached hydrogen (secondary N) is 1. The van der Waals surface area contributed by atoms with Crippen LogP contribution in [0.1, 0.15) is 38.7 Å². The van der Waals surface area contributed by atoms with Gasteiger partial charge in [0.05, 0.1) is 19.3 Å². The summed E-state index contributed by atoms with van der Waals surface area (Å²) in [6.07, 6.45) is 0.477. The summed E-state index contributed by atoms with van der Waals surface area (Å²) in [5.74, 6) is -2.08. The zero-order valence-corrected chi connectivity index (χ0v) is 20.3. The highest BCUT2D eigenvalue weighted by Crippen LogP contribution is 2.46. The average Bonchev–Trinajstić information content (AvgIpc) is 2.84. The molecule has 0 bridgehead atoms. The van der Waals surface area contributed by atoms with Crippen molar-refractivity contribution in [2.45, 2.75) is 33.1 Å². The van der Waals surface area contributed by atoms with Gasteiger partial charge in [0.2, 0.25) is 0 Å². The van der Waals surface area contributed by atoms with Crippen LogP contribution in [0.3, 0.4) is 0 Å². The first-order chi connectivity index (χ1) is 16.8. The predicted molar refractivity (Wildman–Crippen MR) is 129 cm³/mol. The molecular weight excluding hydrogens is 446 g/mol. The van der Waals surface area contributed by atoms with E-state index in [1.54, 1.807) is 13.8 Å². The molecule has 2 aromatic carbocycles. The summed E-state index contributed by atoms with van der Waals surface area (Å²) in [4.78, 5) is 39.4. The number of allylic oxidation sites excluding steroid dienone is 3. The van der Waals surface area contributed by atoms with Crippen molar-refractivity contribution in [3.8, 4) is 11.5 Å². The number of rotatable bonds is 6. The molecule has 1 aliphatic carbocycles. The lowest BCUT2D eigenvalue weighted by molar-refractivity contribution is -0.151. The smallest absolute Gasteiger partial charge is 0.336 e. The van der Waals surface area contributed by atoms with Gasteiger partial charge in [0.25, 0.3) is 0 Å². The molecule has 0 saturated carbocycles. The van der Waals surface area contributed by atoms with E-state index in [1.165, 1.54) is 7.11 Å². The van der Waals surface area contributed by atoms with Gasteiger partial charge in [0.1, 0.15) is 17.4 Å². The van der Waals surface area contributed by atoms with Crippen molar-refractivity contribution in [3.05, 3.63) is 82.7 Å². The fourth-order valence-electron chi connectivity index (χ4n) is 4.88. The zero-order valence-electron chi connectivity index (χ0n) is 20.3. The van der Waals surface area contributed by atoms with Gasteiger partial charge in [-0.25, -0.2) is 4.79 Å². The summed E-state index contributed by atoms with van der Waals surface area (Å²) in [6, 6.07) is 16.7. The largest absolute Gasteiger partial charge is 0.468 e. The lowest BCUT2D eigenvalue weighted by atomic mass is 9.69. The van der Waals surface area contributed by atoms with E-state index in [1.807, 2.05) is 61.5 Å². The van der Waals surface area contributed by atoms with Crippen LogP contribution >= 0.6 is 0 Å². The number of para-hydroxylation sites is 1. The topological polar surface area (TPSA) is 90.9 Å². The SMILES string of the molecule is CCOC(=O)C1=C(C)NC2=C(C(=O)[C@H](C(=O)OC)[C@@H](C)C2)[C@@H]1c1cccc(Oc2ccccc2)c1. The summed E-state index contributed by atoms with van der Waals surface area (Å²) < 4.78 is 16.3. The lowest BCUT2D eigenvalue weighted by Crippen LogP contribution is -2.43. The van der Waals surface area contributed by atoms with E-state index in [9.17, 15) is 14.4 Å². The Morgan fingerprint density at radius 3 is 2.46 bits per heavy atom. The number of hydrogen-bond donors (Lipinski definition) is 1. The molecule has 0 spiro atoms. The Bertz CT molecular complexity index is 1210. The van der Waals surface area contributed by atoms with Crippen molar-refractivity contribution in [1.29, 1.82) is 0 Å². The third-order valence-corrected chi connectivity index (χ3v) is 6.41. The van der Waals surface area contributed by atoms with Gasteiger partial charge in [-0.05, 0) is 56.0 Å². The Morgan fingerprint density at radius 1 is 1.06 bits per heavy atom. The molecule has 0 saturated heterocycles. The van der Waals surface area contributed by atoms with Gasteiger partial charge in [0.15, 0.2) is 5.78 Å². The molecule has 7 nitrogen and oxygen atoms in total. The van der Waals surface area contributed by atoms with Crippen LogP contribution in [0.25, 0.3) is 0 Å². The van der Waals surface area contributed by atoms with Crippen molar-refractivity contribution in [2.24, 2.45) is 11.8 Å². The first-order valence-electron chi connectivity index (χ1n) is 11.7. The number of methoxy groups -OCH3 is 1. The van der Waals surface area contributed by atoms with Crippen LogP contribution in [-0.2, 0) is 23.9 Å². The fraction of sp³-hybridized carbons (Fsp3) is 0.321. The number of carbonyl (C=O) groups is 3. The monoisotopic (exact) mass is 475 g/mol. The van der Waals surface area contributed by atoms with Gasteiger partial charge in [0, 0.05) is 22.9 Å². The molecule has 2 aliphatic rings. The normalized spacial score (nSPS) is 21.7. The standard InChI is InChI=1S/C28H29NO6/c1-5-34-28(32)23-17(3)29-21-14-16(2)22(27(31)33-4)26(30)25(21)24(23)18-10-9-13-20(15-18)35-19-11-7-6-8-12-19/h6-13,15-16,22,24,29H,5,14H2,1-4H3/t16-,22+,24+/m0/s1. The van der Waals surface area contributed by atoms with E-state index in [0.29, 0.717) is 46.0 Å². The number of ketones is 1. The van der Waals surface area contributed by atoms with E-state index in [0.717, 1.165) is 0 Å². The second-order valence-corrected chi connectivity index (χ2v) is 8.74. The fourth-order valence-corrected chi connectivity index (χ4v) is 4.88. The summed E-state index contributed by atoms with van der Waals surface area (Å²) >= 11 is 0. The highest BCUT2D eigenvalue weighted by molar-refractivity contribution is 6.12. The minimum absolute atomic E-state index is 0.196. The molecule has 1 heterocycles. The summed E-state index contributed by atoms with van der Waals surface area (Å²) in [5, 5.41) is 3.25. The second kappa shape index (κ2) is 10.2. The Morgan fingerprint density at radius 2 is 1.77 bits per heavy atom. The molecule has 3 atom stereocenters. The quantitative estimate of drug-likeness (QED) is 0.480. The Balaban J connectivity index is 1.83. The predicted octanol–water partition coefficient (Wildman–Crippen LogP) is 4.66. The average molecular weight is 476 g/mol. The maximum atomic E-state index is 13.8. The van der Waals surface area contributed by atoms with Gasteiger partial charge < -0.3 is 19.5 Å². The van der Waals surface area contributed by atoms with E-state index in [2.05, 4.69) is 5.32 Å². The molecule has 1 aliphatic heterocycles. The van der Waals surface area contributed by atoms with Crippen LogP contribution < -0.4 is 10.1 Å². The summed E-state index contributed by atoms with van der Waals surface area (Å²) in [5.41, 5.74) is 2.77. The number of dihydropyridines is 1. The molecule has 2 aromatic rings. The number of esters is 2. The Kier molecular flexibility index (Phi) is 7.05. The van der Waals surface area contributed by atoms with Crippen LogP contribution in [0.4, 0.5) is 0 Å². The molecule has 182 valence electrons. The number of hydrogen-bond acceptors (Lipinski definition) is 7. The Hall–Kier alpha value is -3.87. The first-order valence-corrected chi connectivity index (χ1v) is 11.7.